The predicted molar refractivity (Wildman–Crippen MR) is 108 cm³/mol. The third-order valence-electron chi connectivity index (χ3n) is 6.69. The Labute approximate surface area is 169 Å². The normalized spacial score (nSPS) is 26.4. The Morgan fingerprint density at radius 1 is 1.30 bits per heavy atom. The topological polar surface area (TPSA) is 66.5 Å². The molecule has 3 amide bonds. The van der Waals surface area contributed by atoms with Crippen LogP contribution in [0.3, 0.4) is 0 Å². The van der Waals surface area contributed by atoms with Gasteiger partial charge < -0.3 is 5.32 Å². The summed E-state index contributed by atoms with van der Waals surface area (Å²) in [5.74, 6) is -0.363. The van der Waals surface area contributed by atoms with Crippen molar-refractivity contribution in [3.05, 3.63) is 28.2 Å². The number of halogens is 1. The van der Waals surface area contributed by atoms with Gasteiger partial charge in [0.15, 0.2) is 0 Å². The summed E-state index contributed by atoms with van der Waals surface area (Å²) in [5.41, 5.74) is 1.05. The smallest absolute Gasteiger partial charge is 0.235 e. The van der Waals surface area contributed by atoms with Gasteiger partial charge in [0.05, 0.1) is 11.1 Å². The molecule has 1 N–H and O–H groups in total. The van der Waals surface area contributed by atoms with Crippen molar-refractivity contribution in [2.45, 2.75) is 53.4 Å². The maximum Gasteiger partial charge on any atom is 0.235 e. The van der Waals surface area contributed by atoms with E-state index in [9.17, 15) is 14.4 Å². The number of piperidine rings is 1. The number of amides is 3. The summed E-state index contributed by atoms with van der Waals surface area (Å²) in [5, 5.41) is 2.87. The molecule has 1 aromatic rings. The van der Waals surface area contributed by atoms with Crippen LogP contribution in [0, 0.1) is 23.7 Å². The maximum absolute atomic E-state index is 13.0. The Bertz CT molecular complexity index is 805. The first kappa shape index (κ1) is 20.1. The van der Waals surface area contributed by atoms with E-state index in [4.69, 9.17) is 0 Å². The van der Waals surface area contributed by atoms with Crippen LogP contribution in [0.5, 0.6) is 0 Å². The van der Waals surface area contributed by atoms with Crippen LogP contribution in [-0.4, -0.2) is 29.2 Å². The van der Waals surface area contributed by atoms with Gasteiger partial charge in [-0.25, -0.2) is 0 Å². The first-order valence-electron chi connectivity index (χ1n) is 9.50. The van der Waals surface area contributed by atoms with Crippen molar-refractivity contribution < 1.29 is 14.4 Å². The van der Waals surface area contributed by atoms with Crippen molar-refractivity contribution in [2.75, 3.05) is 11.9 Å². The fraction of sp³-hybridized carbons (Fsp3) is 0.571. The Morgan fingerprint density at radius 2 is 2.00 bits per heavy atom. The lowest BCUT2D eigenvalue weighted by Crippen LogP contribution is -2.59. The quantitative estimate of drug-likeness (QED) is 0.702. The lowest BCUT2D eigenvalue weighted by atomic mass is 9.62. The minimum absolute atomic E-state index is 0.0679. The van der Waals surface area contributed by atoms with Crippen molar-refractivity contribution in [3.63, 3.8) is 0 Å². The highest BCUT2D eigenvalue weighted by atomic mass is 79.9. The number of likely N-dealkylation sites (tertiary alicyclic amines) is 1. The molecule has 3 rings (SSSR count). The summed E-state index contributed by atoms with van der Waals surface area (Å²) in [6, 6.07) is 5.73. The average molecular weight is 435 g/mol. The molecule has 5 nitrogen and oxygen atoms in total. The number of nitrogens with one attached hydrogen (secondary N) is 1. The molecule has 146 valence electrons. The highest BCUT2D eigenvalue weighted by Crippen LogP contribution is 2.60. The van der Waals surface area contributed by atoms with Crippen LogP contribution in [0.2, 0.25) is 0 Å². The van der Waals surface area contributed by atoms with Crippen molar-refractivity contribution in [2.24, 2.45) is 16.7 Å². The fourth-order valence-electron chi connectivity index (χ4n) is 4.45. The number of aryl methyl sites for hydroxylation is 1. The summed E-state index contributed by atoms with van der Waals surface area (Å²) in [7, 11) is 0. The predicted octanol–water partition coefficient (Wildman–Crippen LogP) is 4.29. The number of fused-ring (bicyclic) bond motifs is 2. The number of rotatable bonds is 5. The van der Waals surface area contributed by atoms with Crippen LogP contribution >= 0.6 is 15.9 Å². The van der Waals surface area contributed by atoms with Gasteiger partial charge >= 0.3 is 0 Å². The van der Waals surface area contributed by atoms with Gasteiger partial charge in [-0.05, 0) is 65.2 Å². The first-order chi connectivity index (χ1) is 12.6. The van der Waals surface area contributed by atoms with Gasteiger partial charge in [0.25, 0.3) is 0 Å². The molecule has 2 aliphatic rings. The zero-order valence-electron chi connectivity index (χ0n) is 16.4. The minimum Gasteiger partial charge on any atom is -0.325 e. The summed E-state index contributed by atoms with van der Waals surface area (Å²) in [6.45, 7) is 8.34. The van der Waals surface area contributed by atoms with E-state index in [-0.39, 0.29) is 35.5 Å². The molecular formula is C21H27BrN2O3. The van der Waals surface area contributed by atoms with Crippen molar-refractivity contribution in [1.29, 1.82) is 0 Å². The third-order valence-corrected chi connectivity index (χ3v) is 7.35. The van der Waals surface area contributed by atoms with E-state index in [0.717, 1.165) is 28.6 Å². The number of benzene rings is 1. The standard InChI is InChI=1S/C21H27BrN2O3/c1-13-7-8-16(15(22)12-13)23-17(25)6-5-11-24-18(26)14-9-10-21(4,19(24)27)20(14,2)3/h7-8,12,14H,5-6,9-11H2,1-4H3,(H,23,25). The summed E-state index contributed by atoms with van der Waals surface area (Å²) in [4.78, 5) is 39.4. The molecule has 1 aliphatic heterocycles. The fourth-order valence-corrected chi connectivity index (χ4v) is 5.04. The van der Waals surface area contributed by atoms with E-state index in [0.29, 0.717) is 13.0 Å². The SMILES string of the molecule is Cc1ccc(NC(=O)CCCN2C(=O)C3CCC(C)(C2=O)C3(C)C)c(Br)c1. The zero-order chi connectivity index (χ0) is 20.0. The number of nitrogens with zero attached hydrogens (tertiary/aromatic N) is 1. The average Bonchev–Trinajstić information content (AvgIpc) is 2.77. The molecule has 0 spiro atoms. The molecule has 1 aliphatic carbocycles. The van der Waals surface area contributed by atoms with E-state index in [2.05, 4.69) is 21.2 Å². The van der Waals surface area contributed by atoms with E-state index in [1.54, 1.807) is 0 Å². The van der Waals surface area contributed by atoms with Crippen LogP contribution in [0.15, 0.2) is 22.7 Å². The molecule has 1 saturated heterocycles. The van der Waals surface area contributed by atoms with Crippen LogP contribution in [0.25, 0.3) is 0 Å². The van der Waals surface area contributed by atoms with E-state index in [1.807, 2.05) is 45.9 Å². The number of hydrogen-bond donors (Lipinski definition) is 1. The van der Waals surface area contributed by atoms with Gasteiger partial charge in [-0.1, -0.05) is 26.8 Å². The van der Waals surface area contributed by atoms with Gasteiger partial charge in [-0.2, -0.15) is 0 Å². The molecule has 1 aromatic carbocycles. The highest BCUT2D eigenvalue weighted by molar-refractivity contribution is 9.10. The number of carbonyl (C=O) groups excluding carboxylic acids is 3. The summed E-state index contributed by atoms with van der Waals surface area (Å²) >= 11 is 3.45. The molecule has 6 heteroatoms. The van der Waals surface area contributed by atoms with Gasteiger partial charge in [0.1, 0.15) is 0 Å². The third kappa shape index (κ3) is 3.33. The van der Waals surface area contributed by atoms with E-state index in [1.165, 1.54) is 4.90 Å². The van der Waals surface area contributed by atoms with Gasteiger partial charge in [-0.15, -0.1) is 0 Å². The van der Waals surface area contributed by atoms with Crippen LogP contribution in [0.4, 0.5) is 5.69 Å². The number of anilines is 1. The van der Waals surface area contributed by atoms with Crippen molar-refractivity contribution in [3.8, 4) is 0 Å². The van der Waals surface area contributed by atoms with E-state index < -0.39 is 5.41 Å². The largest absolute Gasteiger partial charge is 0.325 e. The van der Waals surface area contributed by atoms with E-state index >= 15 is 0 Å². The molecule has 0 radical (unpaired) electrons. The number of imide groups is 1. The molecule has 2 atom stereocenters. The van der Waals surface area contributed by atoms with Gasteiger partial charge in [0, 0.05) is 23.4 Å². The second-order valence-corrected chi connectivity index (χ2v) is 9.43. The second kappa shape index (κ2) is 7.04. The molecule has 0 aromatic heterocycles. The van der Waals surface area contributed by atoms with Crippen LogP contribution < -0.4 is 5.32 Å². The van der Waals surface area contributed by atoms with Gasteiger partial charge in [0.2, 0.25) is 17.7 Å². The molecule has 27 heavy (non-hydrogen) atoms. The lowest BCUT2D eigenvalue weighted by Gasteiger charge is -2.47. The molecule has 1 heterocycles. The first-order valence-corrected chi connectivity index (χ1v) is 10.3. The number of carbonyl (C=O) groups is 3. The molecule has 2 bridgehead atoms. The molecule has 2 unspecified atom stereocenters. The number of hydrogen-bond acceptors (Lipinski definition) is 3. The van der Waals surface area contributed by atoms with Crippen molar-refractivity contribution >= 4 is 39.3 Å². The molecule has 1 saturated carbocycles. The summed E-state index contributed by atoms with van der Waals surface area (Å²) < 4.78 is 0.837. The van der Waals surface area contributed by atoms with Crippen LogP contribution in [0.1, 0.15) is 52.0 Å². The lowest BCUT2D eigenvalue weighted by molar-refractivity contribution is -0.168. The Morgan fingerprint density at radius 3 is 2.67 bits per heavy atom. The van der Waals surface area contributed by atoms with Crippen molar-refractivity contribution in [1.82, 2.24) is 4.90 Å². The second-order valence-electron chi connectivity index (χ2n) is 8.58. The Hall–Kier alpha value is -1.69. The summed E-state index contributed by atoms with van der Waals surface area (Å²) in [6.07, 6.45) is 2.26. The minimum atomic E-state index is -0.486. The maximum atomic E-state index is 13.0. The molecular weight excluding hydrogens is 408 g/mol. The molecule has 2 fully saturated rings. The van der Waals surface area contributed by atoms with Gasteiger partial charge in [-0.3, -0.25) is 19.3 Å². The Kier molecular flexibility index (Phi) is 5.23. The van der Waals surface area contributed by atoms with Crippen LogP contribution in [-0.2, 0) is 14.4 Å². The zero-order valence-corrected chi connectivity index (χ0v) is 18.0. The highest BCUT2D eigenvalue weighted by Gasteiger charge is 2.64. The Balaban J connectivity index is 1.58. The monoisotopic (exact) mass is 434 g/mol.